The van der Waals surface area contributed by atoms with Crippen LogP contribution >= 0.6 is 0 Å². The van der Waals surface area contributed by atoms with E-state index in [0.29, 0.717) is 5.92 Å². The quantitative estimate of drug-likeness (QED) is 0.288. The second-order valence-corrected chi connectivity index (χ2v) is 11.0. The summed E-state index contributed by atoms with van der Waals surface area (Å²) in [6.45, 7) is 4.43. The van der Waals surface area contributed by atoms with Crippen LogP contribution in [0.3, 0.4) is 0 Å². The van der Waals surface area contributed by atoms with E-state index in [-0.39, 0.29) is 5.82 Å². The predicted octanol–water partition coefficient (Wildman–Crippen LogP) is 9.17. The molecule has 5 unspecified atom stereocenters. The number of hydrogen-bond donors (Lipinski definition) is 0. The van der Waals surface area contributed by atoms with Crippen molar-refractivity contribution < 1.29 is 4.39 Å². The average molecular weight is 425 g/mol. The van der Waals surface area contributed by atoms with Crippen LogP contribution in [0.2, 0.25) is 0 Å². The van der Waals surface area contributed by atoms with Gasteiger partial charge in [0.25, 0.3) is 0 Å². The molecule has 5 atom stereocenters. The number of unbranched alkanes of at least 4 members (excludes halogenated alkanes) is 4. The SMILES string of the molecule is C/C=C/C1CCC2CC(c3ccc4c(c3F)CCC(CCCCCCC)C4)CCC2C1. The van der Waals surface area contributed by atoms with Gasteiger partial charge in [0.2, 0.25) is 0 Å². The van der Waals surface area contributed by atoms with E-state index < -0.39 is 0 Å². The molecule has 2 saturated carbocycles. The molecule has 0 nitrogen and oxygen atoms in total. The van der Waals surface area contributed by atoms with E-state index in [4.69, 9.17) is 0 Å². The zero-order chi connectivity index (χ0) is 21.6. The lowest BCUT2D eigenvalue weighted by Crippen LogP contribution is -2.30. The minimum absolute atomic E-state index is 0.185. The summed E-state index contributed by atoms with van der Waals surface area (Å²) < 4.78 is 15.6. The third-order valence-electron chi connectivity index (χ3n) is 8.96. The van der Waals surface area contributed by atoms with Crippen LogP contribution in [-0.4, -0.2) is 0 Å². The van der Waals surface area contributed by atoms with Crippen LogP contribution in [0.1, 0.15) is 120 Å². The predicted molar refractivity (Wildman–Crippen MR) is 131 cm³/mol. The molecule has 3 aliphatic rings. The number of halogens is 1. The molecule has 0 spiro atoms. The lowest BCUT2D eigenvalue weighted by atomic mass is 9.63. The third-order valence-corrected chi connectivity index (χ3v) is 8.96. The normalized spacial score (nSPS) is 30.9. The number of rotatable bonds is 8. The second kappa shape index (κ2) is 11.2. The first-order valence-electron chi connectivity index (χ1n) is 13.6. The molecule has 172 valence electrons. The van der Waals surface area contributed by atoms with Crippen LogP contribution in [0.5, 0.6) is 0 Å². The summed E-state index contributed by atoms with van der Waals surface area (Å²) in [5.41, 5.74) is 3.47. The van der Waals surface area contributed by atoms with Crippen LogP contribution in [0, 0.1) is 29.5 Å². The molecule has 1 heteroatoms. The Kier molecular flexibility index (Phi) is 8.30. The van der Waals surface area contributed by atoms with E-state index in [0.717, 1.165) is 47.6 Å². The lowest BCUT2D eigenvalue weighted by Gasteiger charge is -2.42. The Labute approximate surface area is 191 Å². The van der Waals surface area contributed by atoms with E-state index >= 15 is 4.39 Å². The summed E-state index contributed by atoms with van der Waals surface area (Å²) in [6.07, 6.45) is 23.9. The number of fused-ring (bicyclic) bond motifs is 2. The van der Waals surface area contributed by atoms with Crippen LogP contribution in [0.4, 0.5) is 4.39 Å². The molecule has 0 aliphatic heterocycles. The average Bonchev–Trinajstić information content (AvgIpc) is 2.79. The van der Waals surface area contributed by atoms with Gasteiger partial charge in [-0.15, -0.1) is 0 Å². The zero-order valence-electron chi connectivity index (χ0n) is 20.2. The molecule has 0 amide bonds. The Hall–Kier alpha value is -1.11. The van der Waals surface area contributed by atoms with E-state index in [9.17, 15) is 0 Å². The van der Waals surface area contributed by atoms with Crippen molar-refractivity contribution in [3.05, 3.63) is 46.8 Å². The Bertz CT molecular complexity index is 732. The summed E-state index contributed by atoms with van der Waals surface area (Å²) >= 11 is 0. The molecule has 0 N–H and O–H groups in total. The fourth-order valence-corrected chi connectivity index (χ4v) is 7.16. The summed E-state index contributed by atoms with van der Waals surface area (Å²) in [5.74, 6) is 3.92. The zero-order valence-corrected chi connectivity index (χ0v) is 20.2. The number of allylic oxidation sites excluding steroid dienone is 2. The Morgan fingerprint density at radius 1 is 0.935 bits per heavy atom. The molecule has 0 radical (unpaired) electrons. The maximum Gasteiger partial charge on any atom is 0.130 e. The van der Waals surface area contributed by atoms with Gasteiger partial charge < -0.3 is 0 Å². The summed E-state index contributed by atoms with van der Waals surface area (Å²) in [4.78, 5) is 0. The van der Waals surface area contributed by atoms with Gasteiger partial charge in [0.1, 0.15) is 5.82 Å². The highest BCUT2D eigenvalue weighted by Crippen LogP contribution is 2.48. The maximum atomic E-state index is 15.6. The second-order valence-electron chi connectivity index (χ2n) is 11.0. The molecule has 0 aromatic heterocycles. The van der Waals surface area contributed by atoms with Gasteiger partial charge in [0.15, 0.2) is 0 Å². The highest BCUT2D eigenvalue weighted by atomic mass is 19.1. The summed E-state index contributed by atoms with van der Waals surface area (Å²) in [7, 11) is 0. The van der Waals surface area contributed by atoms with Crippen molar-refractivity contribution in [3.63, 3.8) is 0 Å². The van der Waals surface area contributed by atoms with Gasteiger partial charge in [-0.3, -0.25) is 0 Å². The van der Waals surface area contributed by atoms with Gasteiger partial charge >= 0.3 is 0 Å². The molecule has 1 aromatic rings. The van der Waals surface area contributed by atoms with Crippen molar-refractivity contribution in [2.75, 3.05) is 0 Å². The molecule has 0 bridgehead atoms. The standard InChI is InChI=1S/C30H45F/c1-3-5-6-7-8-10-23-12-17-28-26(20-23)16-18-29(30(28)31)27-15-14-24-19-22(9-4-2)11-13-25(24)21-27/h4,9,16,18,22-25,27H,3,5-8,10-15,17,19-21H2,1-2H3/b9-4+. The smallest absolute Gasteiger partial charge is 0.130 e. The third kappa shape index (κ3) is 5.63. The molecule has 31 heavy (non-hydrogen) atoms. The topological polar surface area (TPSA) is 0 Å². The first kappa shape index (κ1) is 23.1. The first-order valence-corrected chi connectivity index (χ1v) is 13.6. The minimum atomic E-state index is 0.185. The lowest BCUT2D eigenvalue weighted by molar-refractivity contribution is 0.132. The summed E-state index contributed by atoms with van der Waals surface area (Å²) in [5, 5.41) is 0. The van der Waals surface area contributed by atoms with E-state index in [1.807, 2.05) is 0 Å². The first-order chi connectivity index (χ1) is 15.2. The fourth-order valence-electron chi connectivity index (χ4n) is 7.16. The molecule has 0 saturated heterocycles. The van der Waals surface area contributed by atoms with Crippen molar-refractivity contribution in [1.82, 2.24) is 0 Å². The molecule has 4 rings (SSSR count). The van der Waals surface area contributed by atoms with Gasteiger partial charge in [-0.2, -0.15) is 0 Å². The van der Waals surface area contributed by atoms with Gasteiger partial charge in [-0.1, -0.05) is 69.7 Å². The van der Waals surface area contributed by atoms with Crippen molar-refractivity contribution in [1.29, 1.82) is 0 Å². The van der Waals surface area contributed by atoms with Crippen molar-refractivity contribution in [3.8, 4) is 0 Å². The van der Waals surface area contributed by atoms with E-state index in [1.54, 1.807) is 0 Å². The molecular formula is C30H45F. The Morgan fingerprint density at radius 2 is 1.74 bits per heavy atom. The number of benzene rings is 1. The van der Waals surface area contributed by atoms with Crippen molar-refractivity contribution in [2.24, 2.45) is 23.7 Å². The van der Waals surface area contributed by atoms with Crippen LogP contribution < -0.4 is 0 Å². The summed E-state index contributed by atoms with van der Waals surface area (Å²) in [6, 6.07) is 4.50. The van der Waals surface area contributed by atoms with E-state index in [1.165, 1.54) is 89.0 Å². The Balaban J connectivity index is 1.34. The molecule has 3 aliphatic carbocycles. The molecule has 0 heterocycles. The molecular weight excluding hydrogens is 379 g/mol. The van der Waals surface area contributed by atoms with Crippen molar-refractivity contribution >= 4 is 0 Å². The van der Waals surface area contributed by atoms with Crippen LogP contribution in [-0.2, 0) is 12.8 Å². The largest absolute Gasteiger partial charge is 0.206 e. The maximum absolute atomic E-state index is 15.6. The molecule has 2 fully saturated rings. The monoisotopic (exact) mass is 424 g/mol. The minimum Gasteiger partial charge on any atom is -0.206 e. The van der Waals surface area contributed by atoms with Crippen LogP contribution in [0.15, 0.2) is 24.3 Å². The highest BCUT2D eigenvalue weighted by molar-refractivity contribution is 5.38. The van der Waals surface area contributed by atoms with Gasteiger partial charge in [0, 0.05) is 0 Å². The Morgan fingerprint density at radius 3 is 2.58 bits per heavy atom. The van der Waals surface area contributed by atoms with Crippen LogP contribution in [0.25, 0.3) is 0 Å². The van der Waals surface area contributed by atoms with Gasteiger partial charge in [-0.25, -0.2) is 4.39 Å². The molecule has 1 aromatic carbocycles. The number of hydrogen-bond acceptors (Lipinski definition) is 0. The van der Waals surface area contributed by atoms with Gasteiger partial charge in [-0.05, 0) is 111 Å². The fraction of sp³-hybridized carbons (Fsp3) is 0.733. The van der Waals surface area contributed by atoms with Gasteiger partial charge in [0.05, 0.1) is 0 Å². The highest BCUT2D eigenvalue weighted by Gasteiger charge is 2.36. The van der Waals surface area contributed by atoms with E-state index in [2.05, 4.69) is 38.1 Å². The van der Waals surface area contributed by atoms with Crippen molar-refractivity contribution in [2.45, 2.75) is 116 Å².